The molecular formula is C12H20O3. The normalized spacial score (nSPS) is 22.7. The maximum Gasteiger partial charge on any atom is 0.309 e. The summed E-state index contributed by atoms with van der Waals surface area (Å²) >= 11 is 0. The van der Waals surface area contributed by atoms with Crippen molar-refractivity contribution in [1.82, 2.24) is 0 Å². The first-order valence-corrected chi connectivity index (χ1v) is 6.14. The van der Waals surface area contributed by atoms with Gasteiger partial charge in [-0.3, -0.25) is 4.79 Å². The van der Waals surface area contributed by atoms with Crippen molar-refractivity contribution in [3.8, 4) is 0 Å². The lowest BCUT2D eigenvalue weighted by molar-refractivity contribution is -0.147. The van der Waals surface area contributed by atoms with Gasteiger partial charge in [0.15, 0.2) is 0 Å². The Morgan fingerprint density at radius 3 is 2.40 bits per heavy atom. The molecule has 3 heteroatoms. The summed E-state index contributed by atoms with van der Waals surface area (Å²) in [6, 6.07) is 0. The summed E-state index contributed by atoms with van der Waals surface area (Å²) in [5.41, 5.74) is 0. The zero-order chi connectivity index (χ0) is 10.5. The van der Waals surface area contributed by atoms with Crippen LogP contribution in [0.3, 0.4) is 0 Å². The van der Waals surface area contributed by atoms with Crippen LogP contribution in [0.25, 0.3) is 0 Å². The maximum atomic E-state index is 11.2. The minimum atomic E-state index is -0.0257. The summed E-state index contributed by atoms with van der Waals surface area (Å²) in [5.74, 6) is 0.182. The molecule has 2 rings (SSSR count). The van der Waals surface area contributed by atoms with E-state index in [-0.39, 0.29) is 11.9 Å². The lowest BCUT2D eigenvalue weighted by atomic mass is 9.98. The quantitative estimate of drug-likeness (QED) is 0.518. The molecule has 2 aliphatic carbocycles. The molecule has 0 aromatic heterocycles. The van der Waals surface area contributed by atoms with E-state index >= 15 is 0 Å². The molecule has 2 fully saturated rings. The highest BCUT2D eigenvalue weighted by atomic mass is 16.6. The summed E-state index contributed by atoms with van der Waals surface area (Å²) in [6.07, 6.45) is 8.71. The van der Waals surface area contributed by atoms with Crippen molar-refractivity contribution >= 4 is 5.97 Å². The lowest BCUT2D eigenvalue weighted by Crippen LogP contribution is -2.20. The fraction of sp³-hybridized carbons (Fsp3) is 0.917. The van der Waals surface area contributed by atoms with Gasteiger partial charge in [0.1, 0.15) is 6.61 Å². The van der Waals surface area contributed by atoms with E-state index in [2.05, 4.69) is 0 Å². The molecule has 0 aromatic carbocycles. The number of esters is 1. The molecule has 3 nitrogen and oxygen atoms in total. The molecule has 86 valence electrons. The third kappa shape index (κ3) is 3.82. The Hall–Kier alpha value is -0.570. The van der Waals surface area contributed by atoms with Crippen LogP contribution < -0.4 is 0 Å². The smallest absolute Gasteiger partial charge is 0.309 e. The first-order chi connectivity index (χ1) is 7.36. The van der Waals surface area contributed by atoms with E-state index in [1.165, 1.54) is 32.1 Å². The van der Waals surface area contributed by atoms with Crippen molar-refractivity contribution in [3.05, 3.63) is 0 Å². The van der Waals surface area contributed by atoms with Crippen LogP contribution in [0.15, 0.2) is 0 Å². The summed E-state index contributed by atoms with van der Waals surface area (Å²) in [4.78, 5) is 11.2. The molecular weight excluding hydrogens is 192 g/mol. The Balaban J connectivity index is 1.48. The van der Waals surface area contributed by atoms with E-state index < -0.39 is 0 Å². The van der Waals surface area contributed by atoms with Crippen LogP contribution in [-0.4, -0.2) is 25.3 Å². The molecule has 0 spiro atoms. The number of ether oxygens (including phenoxy) is 2. The monoisotopic (exact) mass is 212 g/mol. The molecule has 0 N–H and O–H groups in total. The SMILES string of the molecule is O=C(OCCOC1CCCCC1)C1CC1. The van der Waals surface area contributed by atoms with Crippen LogP contribution in [0.5, 0.6) is 0 Å². The van der Waals surface area contributed by atoms with E-state index in [0.29, 0.717) is 19.3 Å². The van der Waals surface area contributed by atoms with E-state index in [9.17, 15) is 4.79 Å². The maximum absolute atomic E-state index is 11.2. The predicted octanol–water partition coefficient (Wildman–Crippen LogP) is 2.29. The van der Waals surface area contributed by atoms with Crippen molar-refractivity contribution in [3.63, 3.8) is 0 Å². The second kappa shape index (κ2) is 5.50. The van der Waals surface area contributed by atoms with Crippen molar-refractivity contribution in [2.24, 2.45) is 5.92 Å². The Labute approximate surface area is 91.1 Å². The third-order valence-corrected chi connectivity index (χ3v) is 3.14. The molecule has 0 aliphatic heterocycles. The van der Waals surface area contributed by atoms with E-state index in [1.807, 2.05) is 0 Å². The van der Waals surface area contributed by atoms with Crippen LogP contribution in [0.2, 0.25) is 0 Å². The molecule has 0 heterocycles. The van der Waals surface area contributed by atoms with E-state index in [1.54, 1.807) is 0 Å². The van der Waals surface area contributed by atoms with Gasteiger partial charge in [0.05, 0.1) is 18.6 Å². The van der Waals surface area contributed by atoms with Gasteiger partial charge in [-0.05, 0) is 25.7 Å². The van der Waals surface area contributed by atoms with Crippen molar-refractivity contribution < 1.29 is 14.3 Å². The van der Waals surface area contributed by atoms with E-state index in [0.717, 1.165) is 12.8 Å². The summed E-state index contributed by atoms with van der Waals surface area (Å²) in [5, 5.41) is 0. The number of rotatable bonds is 5. The number of hydrogen-bond acceptors (Lipinski definition) is 3. The Morgan fingerprint density at radius 1 is 1.00 bits per heavy atom. The van der Waals surface area contributed by atoms with Crippen molar-refractivity contribution in [2.45, 2.75) is 51.0 Å². The highest BCUT2D eigenvalue weighted by molar-refractivity contribution is 5.74. The van der Waals surface area contributed by atoms with Gasteiger partial charge in [0.25, 0.3) is 0 Å². The average Bonchev–Trinajstić information content (AvgIpc) is 3.09. The van der Waals surface area contributed by atoms with E-state index in [4.69, 9.17) is 9.47 Å². The molecule has 0 amide bonds. The predicted molar refractivity (Wildman–Crippen MR) is 56.5 cm³/mol. The second-order valence-electron chi connectivity index (χ2n) is 4.57. The van der Waals surface area contributed by atoms with Gasteiger partial charge in [-0.2, -0.15) is 0 Å². The second-order valence-corrected chi connectivity index (χ2v) is 4.57. The highest BCUT2D eigenvalue weighted by Crippen LogP contribution is 2.30. The number of carbonyl (C=O) groups is 1. The summed E-state index contributed by atoms with van der Waals surface area (Å²) < 4.78 is 10.7. The van der Waals surface area contributed by atoms with Gasteiger partial charge in [-0.15, -0.1) is 0 Å². The van der Waals surface area contributed by atoms with Crippen LogP contribution in [0, 0.1) is 5.92 Å². The van der Waals surface area contributed by atoms with Crippen LogP contribution >= 0.6 is 0 Å². The van der Waals surface area contributed by atoms with Crippen LogP contribution in [-0.2, 0) is 14.3 Å². The lowest BCUT2D eigenvalue weighted by Gasteiger charge is -2.21. The summed E-state index contributed by atoms with van der Waals surface area (Å²) in [6.45, 7) is 1.01. The molecule has 0 bridgehead atoms. The number of carbonyl (C=O) groups excluding carboxylic acids is 1. The molecule has 2 aliphatic rings. The van der Waals surface area contributed by atoms with Gasteiger partial charge >= 0.3 is 5.97 Å². The molecule has 0 aromatic rings. The fourth-order valence-electron chi connectivity index (χ4n) is 2.03. The molecule has 0 saturated heterocycles. The molecule has 0 atom stereocenters. The number of hydrogen-bond donors (Lipinski definition) is 0. The first-order valence-electron chi connectivity index (χ1n) is 6.14. The van der Waals surface area contributed by atoms with Crippen molar-refractivity contribution in [2.75, 3.05) is 13.2 Å². The first kappa shape index (κ1) is 10.9. The zero-order valence-corrected chi connectivity index (χ0v) is 9.24. The van der Waals surface area contributed by atoms with Crippen LogP contribution in [0.4, 0.5) is 0 Å². The fourth-order valence-corrected chi connectivity index (χ4v) is 2.03. The van der Waals surface area contributed by atoms with Gasteiger partial charge in [0.2, 0.25) is 0 Å². The zero-order valence-electron chi connectivity index (χ0n) is 9.24. The molecule has 15 heavy (non-hydrogen) atoms. The molecule has 0 unspecified atom stereocenters. The van der Waals surface area contributed by atoms with Crippen LogP contribution in [0.1, 0.15) is 44.9 Å². The Morgan fingerprint density at radius 2 is 1.73 bits per heavy atom. The summed E-state index contributed by atoms with van der Waals surface area (Å²) in [7, 11) is 0. The Kier molecular flexibility index (Phi) is 4.01. The molecule has 0 radical (unpaired) electrons. The topological polar surface area (TPSA) is 35.5 Å². The minimum absolute atomic E-state index is 0.0257. The highest BCUT2D eigenvalue weighted by Gasteiger charge is 2.31. The van der Waals surface area contributed by atoms with Gasteiger partial charge < -0.3 is 9.47 Å². The molecule has 2 saturated carbocycles. The van der Waals surface area contributed by atoms with Gasteiger partial charge in [-0.1, -0.05) is 19.3 Å². The average molecular weight is 212 g/mol. The van der Waals surface area contributed by atoms with Gasteiger partial charge in [-0.25, -0.2) is 0 Å². The van der Waals surface area contributed by atoms with Crippen molar-refractivity contribution in [1.29, 1.82) is 0 Å². The largest absolute Gasteiger partial charge is 0.463 e. The minimum Gasteiger partial charge on any atom is -0.463 e. The standard InChI is InChI=1S/C12H20O3/c13-12(10-6-7-10)15-9-8-14-11-4-2-1-3-5-11/h10-11H,1-9H2. The third-order valence-electron chi connectivity index (χ3n) is 3.14. The van der Waals surface area contributed by atoms with Gasteiger partial charge in [0, 0.05) is 0 Å². The Bertz CT molecular complexity index is 205.